The Morgan fingerprint density at radius 2 is 1.81 bits per heavy atom. The van der Waals surface area contributed by atoms with E-state index in [1.165, 1.54) is 11.8 Å². The first-order chi connectivity index (χ1) is 15.4. The monoisotopic (exact) mass is 470 g/mol. The van der Waals surface area contributed by atoms with Crippen LogP contribution in [0, 0.1) is 13.8 Å². The van der Waals surface area contributed by atoms with Gasteiger partial charge < -0.3 is 14.1 Å². The minimum atomic E-state index is -1.28. The number of nitrogens with zero attached hydrogens (tertiary/aromatic N) is 4. The van der Waals surface area contributed by atoms with E-state index in [9.17, 15) is 4.79 Å². The van der Waals surface area contributed by atoms with Crippen LogP contribution in [-0.4, -0.2) is 34.9 Å². The van der Waals surface area contributed by atoms with Gasteiger partial charge in [-0.2, -0.15) is 0 Å². The number of methoxy groups -OCH3 is 1. The number of rotatable bonds is 4. The quantitative estimate of drug-likeness (QED) is 0.553. The smallest absolute Gasteiger partial charge is 0.352 e. The SMILES string of the molecule is COc1ccc(C2=NOC3(SCC(=O)N3c3c(C)noc3C)N2c2ccc(Cl)cc2)cc1. The third kappa shape index (κ3) is 3.11. The van der Waals surface area contributed by atoms with Gasteiger partial charge in [-0.05, 0) is 62.4 Å². The molecule has 2 aliphatic heterocycles. The highest BCUT2D eigenvalue weighted by atomic mass is 35.5. The fraction of sp³-hybridized carbons (Fsp3) is 0.227. The Balaban J connectivity index is 1.67. The van der Waals surface area contributed by atoms with E-state index in [1.807, 2.05) is 41.3 Å². The highest BCUT2D eigenvalue weighted by Crippen LogP contribution is 2.50. The van der Waals surface area contributed by atoms with E-state index in [1.54, 1.807) is 38.0 Å². The van der Waals surface area contributed by atoms with Gasteiger partial charge in [0.15, 0.2) is 11.6 Å². The number of amides is 1. The molecule has 0 aliphatic carbocycles. The Bertz CT molecular complexity index is 1190. The largest absolute Gasteiger partial charge is 0.497 e. The van der Waals surface area contributed by atoms with Gasteiger partial charge in [-0.1, -0.05) is 33.7 Å². The Morgan fingerprint density at radius 3 is 2.44 bits per heavy atom. The summed E-state index contributed by atoms with van der Waals surface area (Å²) in [6, 6.07) is 14.8. The molecule has 2 aliphatic rings. The number of ether oxygens (including phenoxy) is 1. The molecule has 3 heterocycles. The van der Waals surface area contributed by atoms with Crippen molar-refractivity contribution in [3.05, 3.63) is 70.6 Å². The third-order valence-electron chi connectivity index (χ3n) is 5.31. The van der Waals surface area contributed by atoms with Crippen molar-refractivity contribution in [1.29, 1.82) is 0 Å². The zero-order valence-corrected chi connectivity index (χ0v) is 19.1. The van der Waals surface area contributed by atoms with Gasteiger partial charge in [0.25, 0.3) is 0 Å². The first-order valence-electron chi connectivity index (χ1n) is 9.81. The standard InChI is InChI=1S/C22H19ClN4O4S/c1-13-20(14(2)30-24-13)27-19(28)12-32-22(27)26(17-8-6-16(23)7-9-17)21(25-31-22)15-4-10-18(29-3)11-5-15/h4-11H,12H2,1-3H3. The van der Waals surface area contributed by atoms with Gasteiger partial charge in [0, 0.05) is 16.3 Å². The molecule has 1 spiro atoms. The van der Waals surface area contributed by atoms with Gasteiger partial charge in [0.1, 0.15) is 17.1 Å². The normalized spacial score (nSPS) is 20.1. The number of amidine groups is 1. The van der Waals surface area contributed by atoms with Crippen molar-refractivity contribution in [1.82, 2.24) is 5.16 Å². The maximum atomic E-state index is 13.1. The molecular formula is C22H19ClN4O4S. The molecule has 1 aromatic heterocycles. The molecule has 5 rings (SSSR count). The van der Waals surface area contributed by atoms with E-state index in [2.05, 4.69) is 10.3 Å². The van der Waals surface area contributed by atoms with E-state index in [4.69, 9.17) is 25.7 Å². The molecule has 1 unspecified atom stereocenters. The Hall–Kier alpha value is -3.17. The molecule has 32 heavy (non-hydrogen) atoms. The van der Waals surface area contributed by atoms with Crippen LogP contribution in [0.5, 0.6) is 5.75 Å². The number of oxime groups is 1. The summed E-state index contributed by atoms with van der Waals surface area (Å²) in [5, 5.41) is 7.79. The Kier molecular flexibility index (Phi) is 5.02. The molecule has 1 saturated heterocycles. The van der Waals surface area contributed by atoms with E-state index in [-0.39, 0.29) is 11.7 Å². The van der Waals surface area contributed by atoms with Crippen molar-refractivity contribution in [3.63, 3.8) is 0 Å². The van der Waals surface area contributed by atoms with Gasteiger partial charge in [0.2, 0.25) is 5.91 Å². The second-order valence-electron chi connectivity index (χ2n) is 7.29. The van der Waals surface area contributed by atoms with Crippen LogP contribution in [0.4, 0.5) is 11.4 Å². The number of halogens is 1. The molecule has 0 radical (unpaired) electrons. The van der Waals surface area contributed by atoms with Gasteiger partial charge in [-0.15, -0.1) is 0 Å². The number of benzene rings is 2. The average Bonchev–Trinajstić information content (AvgIpc) is 3.45. The van der Waals surface area contributed by atoms with Crippen LogP contribution in [0.25, 0.3) is 0 Å². The second-order valence-corrected chi connectivity index (χ2v) is 8.83. The molecule has 164 valence electrons. The van der Waals surface area contributed by atoms with Crippen LogP contribution in [0.15, 0.2) is 58.2 Å². The summed E-state index contributed by atoms with van der Waals surface area (Å²) >= 11 is 7.48. The molecule has 2 aromatic carbocycles. The molecule has 1 amide bonds. The maximum Gasteiger partial charge on any atom is 0.352 e. The lowest BCUT2D eigenvalue weighted by molar-refractivity contribution is -0.118. The number of hydrogen-bond acceptors (Lipinski definition) is 8. The van der Waals surface area contributed by atoms with Crippen LogP contribution in [-0.2, 0) is 9.63 Å². The lowest BCUT2D eigenvalue weighted by Gasteiger charge is -2.38. The number of hydrogen-bond donors (Lipinski definition) is 0. The van der Waals surface area contributed by atoms with Crippen molar-refractivity contribution in [2.45, 2.75) is 19.0 Å². The van der Waals surface area contributed by atoms with Crippen molar-refractivity contribution < 1.29 is 18.9 Å². The zero-order valence-electron chi connectivity index (χ0n) is 17.5. The number of aryl methyl sites for hydroxylation is 2. The van der Waals surface area contributed by atoms with Gasteiger partial charge >= 0.3 is 5.18 Å². The molecule has 3 aromatic rings. The van der Waals surface area contributed by atoms with Crippen LogP contribution in [0.3, 0.4) is 0 Å². The zero-order chi connectivity index (χ0) is 22.5. The minimum absolute atomic E-state index is 0.130. The van der Waals surface area contributed by atoms with Gasteiger partial charge in [-0.3, -0.25) is 9.69 Å². The van der Waals surface area contributed by atoms with Crippen molar-refractivity contribution in [3.8, 4) is 5.75 Å². The predicted octanol–water partition coefficient (Wildman–Crippen LogP) is 4.54. The topological polar surface area (TPSA) is 80.4 Å². The highest BCUT2D eigenvalue weighted by molar-refractivity contribution is 8.02. The lowest BCUT2D eigenvalue weighted by atomic mass is 10.1. The highest BCUT2D eigenvalue weighted by Gasteiger charge is 2.60. The summed E-state index contributed by atoms with van der Waals surface area (Å²) in [5.74, 6) is 1.88. The van der Waals surface area contributed by atoms with Crippen molar-refractivity contribution >= 4 is 46.5 Å². The first-order valence-corrected chi connectivity index (χ1v) is 11.2. The lowest BCUT2D eigenvalue weighted by Crippen LogP contribution is -2.57. The molecule has 0 saturated carbocycles. The summed E-state index contributed by atoms with van der Waals surface area (Å²) in [6.45, 7) is 3.56. The van der Waals surface area contributed by atoms with Crippen LogP contribution in [0.2, 0.25) is 5.02 Å². The number of thioether (sulfide) groups is 1. The third-order valence-corrected chi connectivity index (χ3v) is 6.77. The summed E-state index contributed by atoms with van der Waals surface area (Å²) in [4.78, 5) is 22.7. The number of anilines is 2. The van der Waals surface area contributed by atoms with Crippen LogP contribution < -0.4 is 14.5 Å². The molecule has 1 fully saturated rings. The fourth-order valence-electron chi connectivity index (χ4n) is 3.85. The van der Waals surface area contributed by atoms with Gasteiger partial charge in [0.05, 0.1) is 12.9 Å². The van der Waals surface area contributed by atoms with Crippen LogP contribution in [0.1, 0.15) is 17.0 Å². The van der Waals surface area contributed by atoms with E-state index < -0.39 is 5.18 Å². The summed E-state index contributed by atoms with van der Waals surface area (Å²) in [7, 11) is 1.61. The van der Waals surface area contributed by atoms with Crippen LogP contribution >= 0.6 is 23.4 Å². The molecular weight excluding hydrogens is 452 g/mol. The Labute approximate surface area is 193 Å². The molecule has 8 nitrogen and oxygen atoms in total. The molecule has 0 bridgehead atoms. The average molecular weight is 471 g/mol. The van der Waals surface area contributed by atoms with E-state index in [0.717, 1.165) is 17.0 Å². The molecule has 1 atom stereocenters. The molecule has 0 N–H and O–H groups in total. The van der Waals surface area contributed by atoms with Crippen molar-refractivity contribution in [2.75, 3.05) is 22.7 Å². The fourth-order valence-corrected chi connectivity index (χ4v) is 5.15. The van der Waals surface area contributed by atoms with Crippen molar-refractivity contribution in [2.24, 2.45) is 5.16 Å². The second kappa shape index (κ2) is 7.75. The maximum absolute atomic E-state index is 13.1. The number of carbonyl (C=O) groups is 1. The van der Waals surface area contributed by atoms with E-state index >= 15 is 0 Å². The number of aromatic nitrogens is 1. The summed E-state index contributed by atoms with van der Waals surface area (Å²) in [6.07, 6.45) is 0. The predicted molar refractivity (Wildman–Crippen MR) is 123 cm³/mol. The Morgan fingerprint density at radius 1 is 1.09 bits per heavy atom. The number of carbonyl (C=O) groups excluding carboxylic acids is 1. The first kappa shape index (κ1) is 20.7. The molecule has 10 heteroatoms. The summed E-state index contributed by atoms with van der Waals surface area (Å²) in [5.41, 5.74) is 2.73. The summed E-state index contributed by atoms with van der Waals surface area (Å²) < 4.78 is 10.6. The van der Waals surface area contributed by atoms with Gasteiger partial charge in [-0.25, -0.2) is 4.90 Å². The minimum Gasteiger partial charge on any atom is -0.497 e. The van der Waals surface area contributed by atoms with E-state index in [0.29, 0.717) is 28.0 Å².